The molecule has 6 heteroatoms. The number of hydrogen-bond acceptors (Lipinski definition) is 3. The Labute approximate surface area is 122 Å². The zero-order chi connectivity index (χ0) is 15.2. The van der Waals surface area contributed by atoms with Crippen molar-refractivity contribution in [1.29, 1.82) is 0 Å². The van der Waals surface area contributed by atoms with Gasteiger partial charge in [-0.2, -0.15) is 0 Å². The van der Waals surface area contributed by atoms with Gasteiger partial charge in [0.05, 0.1) is 5.52 Å². The Bertz CT molecular complexity index is 672. The van der Waals surface area contributed by atoms with Crippen LogP contribution in [0.5, 0.6) is 0 Å². The highest BCUT2D eigenvalue weighted by Gasteiger charge is 2.37. The normalized spacial score (nSPS) is 18.0. The number of likely N-dealkylation sites (N-methyl/N-ethyl adjacent to an activating group) is 1. The summed E-state index contributed by atoms with van der Waals surface area (Å²) < 4.78 is 29.3. The summed E-state index contributed by atoms with van der Waals surface area (Å²) in [5, 5.41) is 0. The first-order valence-corrected chi connectivity index (χ1v) is 7.22. The van der Waals surface area contributed by atoms with E-state index in [0.717, 1.165) is 31.7 Å². The SMILES string of the molecule is CN(C)C1(Cn2c(N)nc3ccc(F)c(F)c32)CCCC1. The fourth-order valence-electron chi connectivity index (χ4n) is 3.41. The van der Waals surface area contributed by atoms with Crippen LogP contribution in [0, 0.1) is 11.6 Å². The van der Waals surface area contributed by atoms with E-state index in [2.05, 4.69) is 9.88 Å². The third kappa shape index (κ3) is 2.18. The van der Waals surface area contributed by atoms with Crippen molar-refractivity contribution in [3.63, 3.8) is 0 Å². The topological polar surface area (TPSA) is 47.1 Å². The maximum absolute atomic E-state index is 14.2. The van der Waals surface area contributed by atoms with Crippen LogP contribution in [-0.2, 0) is 6.54 Å². The van der Waals surface area contributed by atoms with E-state index < -0.39 is 11.6 Å². The second-order valence-corrected chi connectivity index (χ2v) is 6.11. The summed E-state index contributed by atoms with van der Waals surface area (Å²) in [6.07, 6.45) is 4.33. The molecule has 1 aromatic heterocycles. The molecule has 0 unspecified atom stereocenters. The predicted octanol–water partition coefficient (Wildman–Crippen LogP) is 2.77. The number of nitrogens with two attached hydrogens (primary N) is 1. The fraction of sp³-hybridized carbons (Fsp3) is 0.533. The number of benzene rings is 1. The van der Waals surface area contributed by atoms with Crippen LogP contribution < -0.4 is 5.73 Å². The van der Waals surface area contributed by atoms with Crippen molar-refractivity contribution in [1.82, 2.24) is 14.5 Å². The van der Waals surface area contributed by atoms with Gasteiger partial charge in [0, 0.05) is 12.1 Å². The van der Waals surface area contributed by atoms with Crippen LogP contribution in [0.25, 0.3) is 11.0 Å². The predicted molar refractivity (Wildman–Crippen MR) is 78.9 cm³/mol. The molecular formula is C15H20F2N4. The number of nitrogens with zero attached hydrogens (tertiary/aromatic N) is 3. The lowest BCUT2D eigenvalue weighted by Crippen LogP contribution is -2.45. The number of aromatic nitrogens is 2. The van der Waals surface area contributed by atoms with E-state index in [-0.39, 0.29) is 17.0 Å². The lowest BCUT2D eigenvalue weighted by molar-refractivity contribution is 0.136. The molecule has 0 saturated heterocycles. The van der Waals surface area contributed by atoms with Gasteiger partial charge in [-0.3, -0.25) is 0 Å². The highest BCUT2D eigenvalue weighted by atomic mass is 19.2. The zero-order valence-electron chi connectivity index (χ0n) is 12.4. The molecule has 1 heterocycles. The molecule has 0 bridgehead atoms. The fourth-order valence-corrected chi connectivity index (χ4v) is 3.41. The number of hydrogen-bond donors (Lipinski definition) is 1. The van der Waals surface area contributed by atoms with Crippen molar-refractivity contribution in [2.24, 2.45) is 0 Å². The third-order valence-electron chi connectivity index (χ3n) is 4.76. The molecule has 114 valence electrons. The molecule has 1 aromatic carbocycles. The third-order valence-corrected chi connectivity index (χ3v) is 4.76. The Kier molecular flexibility index (Phi) is 3.36. The van der Waals surface area contributed by atoms with Crippen molar-refractivity contribution in [3.05, 3.63) is 23.8 Å². The van der Waals surface area contributed by atoms with Gasteiger partial charge in [0.15, 0.2) is 11.6 Å². The molecule has 3 rings (SSSR count). The van der Waals surface area contributed by atoms with Crippen LogP contribution in [-0.4, -0.2) is 34.1 Å². The number of anilines is 1. The Morgan fingerprint density at radius 2 is 1.95 bits per heavy atom. The summed E-state index contributed by atoms with van der Waals surface area (Å²) in [5.74, 6) is -1.50. The van der Waals surface area contributed by atoms with Crippen LogP contribution in [0.1, 0.15) is 25.7 Å². The van der Waals surface area contributed by atoms with E-state index in [4.69, 9.17) is 5.73 Å². The Morgan fingerprint density at radius 3 is 2.57 bits per heavy atom. The summed E-state index contributed by atoms with van der Waals surface area (Å²) in [6, 6.07) is 2.56. The number of nitrogen functional groups attached to an aromatic ring is 1. The lowest BCUT2D eigenvalue weighted by Gasteiger charge is -2.37. The van der Waals surface area contributed by atoms with E-state index in [9.17, 15) is 8.78 Å². The summed E-state index contributed by atoms with van der Waals surface area (Å²) >= 11 is 0. The maximum atomic E-state index is 14.2. The summed E-state index contributed by atoms with van der Waals surface area (Å²) in [7, 11) is 4.05. The van der Waals surface area contributed by atoms with E-state index in [1.54, 1.807) is 4.57 Å². The molecule has 0 radical (unpaired) electrons. The number of imidazole rings is 1. The van der Waals surface area contributed by atoms with E-state index in [1.807, 2.05) is 14.1 Å². The second-order valence-electron chi connectivity index (χ2n) is 6.11. The standard InChI is InChI=1S/C15H20F2N4/c1-20(2)15(7-3-4-8-15)9-21-13-11(19-14(21)18)6-5-10(16)12(13)17/h5-6H,3-4,7-9H2,1-2H3,(H2,18,19). The minimum Gasteiger partial charge on any atom is -0.369 e. The first kappa shape index (κ1) is 14.3. The molecule has 0 amide bonds. The van der Waals surface area contributed by atoms with Gasteiger partial charge < -0.3 is 15.2 Å². The van der Waals surface area contributed by atoms with Crippen LogP contribution in [0.2, 0.25) is 0 Å². The lowest BCUT2D eigenvalue weighted by atomic mass is 9.96. The molecule has 2 aromatic rings. The first-order chi connectivity index (χ1) is 9.94. The van der Waals surface area contributed by atoms with E-state index in [0.29, 0.717) is 12.1 Å². The average molecular weight is 294 g/mol. The van der Waals surface area contributed by atoms with Crippen molar-refractivity contribution in [3.8, 4) is 0 Å². The Hall–Kier alpha value is -1.69. The van der Waals surface area contributed by atoms with Gasteiger partial charge in [0.1, 0.15) is 5.52 Å². The molecule has 1 saturated carbocycles. The zero-order valence-corrected chi connectivity index (χ0v) is 12.4. The number of halogens is 2. The van der Waals surface area contributed by atoms with Gasteiger partial charge in [-0.15, -0.1) is 0 Å². The van der Waals surface area contributed by atoms with Gasteiger partial charge in [0.2, 0.25) is 5.95 Å². The van der Waals surface area contributed by atoms with E-state index >= 15 is 0 Å². The minimum atomic E-state index is -0.872. The van der Waals surface area contributed by atoms with E-state index in [1.165, 1.54) is 6.07 Å². The monoisotopic (exact) mass is 294 g/mol. The van der Waals surface area contributed by atoms with Crippen LogP contribution in [0.3, 0.4) is 0 Å². The highest BCUT2D eigenvalue weighted by molar-refractivity contribution is 5.79. The quantitative estimate of drug-likeness (QED) is 0.947. The molecule has 21 heavy (non-hydrogen) atoms. The molecular weight excluding hydrogens is 274 g/mol. The van der Waals surface area contributed by atoms with Gasteiger partial charge in [0.25, 0.3) is 0 Å². The highest BCUT2D eigenvalue weighted by Crippen LogP contribution is 2.37. The van der Waals surface area contributed by atoms with Gasteiger partial charge in [-0.25, -0.2) is 13.8 Å². The minimum absolute atomic E-state index is 0.0689. The van der Waals surface area contributed by atoms with Crippen molar-refractivity contribution in [2.75, 3.05) is 19.8 Å². The van der Waals surface area contributed by atoms with Crippen LogP contribution in [0.4, 0.5) is 14.7 Å². The van der Waals surface area contributed by atoms with Crippen molar-refractivity contribution in [2.45, 2.75) is 37.8 Å². The Balaban J connectivity index is 2.12. The number of rotatable bonds is 3. The smallest absolute Gasteiger partial charge is 0.201 e. The Morgan fingerprint density at radius 1 is 1.29 bits per heavy atom. The summed E-state index contributed by atoms with van der Waals surface area (Å²) in [5.41, 5.74) is 6.45. The molecule has 2 N–H and O–H groups in total. The molecule has 1 aliphatic carbocycles. The largest absolute Gasteiger partial charge is 0.369 e. The van der Waals surface area contributed by atoms with Crippen molar-refractivity contribution < 1.29 is 8.78 Å². The molecule has 4 nitrogen and oxygen atoms in total. The maximum Gasteiger partial charge on any atom is 0.201 e. The summed E-state index contributed by atoms with van der Waals surface area (Å²) in [4.78, 5) is 6.33. The molecule has 1 aliphatic rings. The molecule has 0 aliphatic heterocycles. The first-order valence-electron chi connectivity index (χ1n) is 7.22. The van der Waals surface area contributed by atoms with Gasteiger partial charge in [-0.1, -0.05) is 12.8 Å². The van der Waals surface area contributed by atoms with Crippen LogP contribution >= 0.6 is 0 Å². The molecule has 0 atom stereocenters. The molecule has 0 spiro atoms. The number of fused-ring (bicyclic) bond motifs is 1. The molecule has 1 fully saturated rings. The van der Waals surface area contributed by atoms with Crippen molar-refractivity contribution >= 4 is 17.0 Å². The average Bonchev–Trinajstić information content (AvgIpc) is 3.02. The second kappa shape index (κ2) is 4.94. The summed E-state index contributed by atoms with van der Waals surface area (Å²) in [6.45, 7) is 0.530. The van der Waals surface area contributed by atoms with Gasteiger partial charge >= 0.3 is 0 Å². The van der Waals surface area contributed by atoms with Crippen LogP contribution in [0.15, 0.2) is 12.1 Å². The van der Waals surface area contributed by atoms with Gasteiger partial charge in [-0.05, 0) is 39.1 Å².